The van der Waals surface area contributed by atoms with Crippen LogP contribution in [0.3, 0.4) is 0 Å². The number of dihydropyridines is 1. The first kappa shape index (κ1) is 27.5. The fourth-order valence-electron chi connectivity index (χ4n) is 5.21. The summed E-state index contributed by atoms with van der Waals surface area (Å²) < 4.78 is 27.8. The van der Waals surface area contributed by atoms with Crippen molar-refractivity contribution >= 4 is 33.3 Å². The number of fused-ring (bicyclic) bond motifs is 1. The highest BCUT2D eigenvalue weighted by Crippen LogP contribution is 2.44. The minimum Gasteiger partial charge on any atom is -0.478 e. The smallest absolute Gasteiger partial charge is 0.334 e. The summed E-state index contributed by atoms with van der Waals surface area (Å²) in [5.41, 5.74) is 0.0642. The van der Waals surface area contributed by atoms with E-state index in [0.717, 1.165) is 11.0 Å². The van der Waals surface area contributed by atoms with Crippen LogP contribution < -0.4 is 5.32 Å². The Morgan fingerprint density at radius 2 is 1.59 bits per heavy atom. The van der Waals surface area contributed by atoms with Crippen LogP contribution in [-0.4, -0.2) is 47.7 Å². The Balaban J connectivity index is 1.62. The molecule has 208 valence electrons. The number of allylic oxidation sites excluding steroid dienone is 2. The van der Waals surface area contributed by atoms with Gasteiger partial charge in [-0.15, -0.1) is 0 Å². The van der Waals surface area contributed by atoms with E-state index >= 15 is 0 Å². The molecule has 3 aromatic carbocycles. The molecule has 0 aliphatic carbocycles. The normalized spacial score (nSPS) is 17.0. The maximum Gasteiger partial charge on any atom is 0.334 e. The fourth-order valence-corrected chi connectivity index (χ4v) is 7.00. The molecule has 0 radical (unpaired) electrons. The molecule has 41 heavy (non-hydrogen) atoms. The van der Waals surface area contributed by atoms with Gasteiger partial charge in [-0.25, -0.2) is 13.2 Å². The van der Waals surface area contributed by atoms with Crippen molar-refractivity contribution in [3.8, 4) is 0 Å². The highest BCUT2D eigenvalue weighted by molar-refractivity contribution is 7.95. The van der Waals surface area contributed by atoms with E-state index in [-0.39, 0.29) is 62.1 Å². The van der Waals surface area contributed by atoms with Crippen LogP contribution in [0, 0.1) is 10.1 Å². The van der Waals surface area contributed by atoms with Gasteiger partial charge in [0.1, 0.15) is 0 Å². The summed E-state index contributed by atoms with van der Waals surface area (Å²) in [6.45, 7) is 1.29. The predicted molar refractivity (Wildman–Crippen MR) is 146 cm³/mol. The molecule has 0 bridgehead atoms. The number of imide groups is 1. The number of hydrogen-bond acceptors (Lipinski definition) is 8. The Hall–Kier alpha value is -5.10. The zero-order chi connectivity index (χ0) is 29.5. The van der Waals surface area contributed by atoms with Crippen LogP contribution in [0.4, 0.5) is 5.69 Å². The van der Waals surface area contributed by atoms with Crippen molar-refractivity contribution in [2.24, 2.45) is 0 Å². The molecule has 12 heteroatoms. The van der Waals surface area contributed by atoms with E-state index in [1.54, 1.807) is 18.2 Å². The molecule has 0 saturated carbocycles. The molecule has 2 N–H and O–H groups in total. The maximum atomic E-state index is 13.9. The number of non-ortho nitro benzene ring substituents is 1. The summed E-state index contributed by atoms with van der Waals surface area (Å²) in [5, 5.41) is 24.9. The Bertz CT molecular complexity index is 1760. The summed E-state index contributed by atoms with van der Waals surface area (Å²) in [4.78, 5) is 50.1. The van der Waals surface area contributed by atoms with Crippen molar-refractivity contribution in [1.82, 2.24) is 10.2 Å². The number of nitro benzene ring substituents is 1. The second-order valence-corrected chi connectivity index (χ2v) is 11.4. The third-order valence-electron chi connectivity index (χ3n) is 7.04. The van der Waals surface area contributed by atoms with Crippen LogP contribution in [0.1, 0.15) is 45.5 Å². The summed E-state index contributed by atoms with van der Waals surface area (Å²) in [6.07, 6.45) is -0.130. The lowest BCUT2D eigenvalue weighted by molar-refractivity contribution is -0.384. The molecule has 2 aliphatic rings. The molecule has 1 atom stereocenters. The van der Waals surface area contributed by atoms with Crippen molar-refractivity contribution in [1.29, 1.82) is 0 Å². The van der Waals surface area contributed by atoms with Crippen molar-refractivity contribution in [2.45, 2.75) is 24.2 Å². The zero-order valence-corrected chi connectivity index (χ0v) is 22.4. The molecule has 5 rings (SSSR count). The summed E-state index contributed by atoms with van der Waals surface area (Å²) in [6, 6.07) is 18.9. The number of nitro groups is 1. The number of carboxylic acid groups (broad SMARTS) is 1. The van der Waals surface area contributed by atoms with E-state index in [1.165, 1.54) is 61.5 Å². The summed E-state index contributed by atoms with van der Waals surface area (Å²) >= 11 is 0. The lowest BCUT2D eigenvalue weighted by Gasteiger charge is -2.32. The van der Waals surface area contributed by atoms with Gasteiger partial charge in [0.2, 0.25) is 9.84 Å². The van der Waals surface area contributed by atoms with E-state index in [4.69, 9.17) is 0 Å². The molecule has 1 unspecified atom stereocenters. The first-order chi connectivity index (χ1) is 19.5. The lowest BCUT2D eigenvalue weighted by Crippen LogP contribution is -2.35. The Labute approximate surface area is 234 Å². The zero-order valence-electron chi connectivity index (χ0n) is 21.6. The predicted octanol–water partition coefficient (Wildman–Crippen LogP) is 4.01. The van der Waals surface area contributed by atoms with Gasteiger partial charge in [0.25, 0.3) is 17.5 Å². The molecule has 2 amide bonds. The van der Waals surface area contributed by atoms with E-state index in [1.807, 2.05) is 0 Å². The first-order valence-electron chi connectivity index (χ1n) is 12.5. The van der Waals surface area contributed by atoms with Crippen molar-refractivity contribution < 1.29 is 32.8 Å². The van der Waals surface area contributed by atoms with Gasteiger partial charge in [0, 0.05) is 36.5 Å². The highest BCUT2D eigenvalue weighted by Gasteiger charge is 2.42. The van der Waals surface area contributed by atoms with Gasteiger partial charge in [-0.2, -0.15) is 0 Å². The Morgan fingerprint density at radius 1 is 0.976 bits per heavy atom. The minimum atomic E-state index is -4.28. The van der Waals surface area contributed by atoms with Crippen LogP contribution in [0.5, 0.6) is 0 Å². The van der Waals surface area contributed by atoms with Crippen LogP contribution in [0.15, 0.2) is 106 Å². The maximum absolute atomic E-state index is 13.9. The van der Waals surface area contributed by atoms with Gasteiger partial charge in [-0.3, -0.25) is 24.6 Å². The molecule has 0 spiro atoms. The van der Waals surface area contributed by atoms with Gasteiger partial charge in [-0.1, -0.05) is 42.5 Å². The third-order valence-corrected chi connectivity index (χ3v) is 9.05. The van der Waals surface area contributed by atoms with E-state index in [0.29, 0.717) is 0 Å². The fraction of sp³-hybridized carbons (Fsp3) is 0.138. The molecule has 11 nitrogen and oxygen atoms in total. The Morgan fingerprint density at radius 3 is 2.17 bits per heavy atom. The first-order valence-corrected chi connectivity index (χ1v) is 13.9. The van der Waals surface area contributed by atoms with Gasteiger partial charge in [0.05, 0.1) is 37.3 Å². The van der Waals surface area contributed by atoms with Crippen molar-refractivity contribution in [2.75, 3.05) is 6.54 Å². The summed E-state index contributed by atoms with van der Waals surface area (Å²) in [7, 11) is -4.28. The number of hydrogen-bond donors (Lipinski definition) is 2. The Kier molecular flexibility index (Phi) is 7.01. The molecule has 0 fully saturated rings. The molecule has 2 aliphatic heterocycles. The van der Waals surface area contributed by atoms with Crippen LogP contribution in [0.2, 0.25) is 0 Å². The number of carbonyl (C=O) groups excluding carboxylic acids is 2. The number of amides is 2. The molecule has 3 aromatic rings. The van der Waals surface area contributed by atoms with Crippen LogP contribution >= 0.6 is 0 Å². The average Bonchev–Trinajstić information content (AvgIpc) is 3.20. The topological polar surface area (TPSA) is 164 Å². The highest BCUT2D eigenvalue weighted by atomic mass is 32.2. The number of benzene rings is 3. The standard InChI is InChI=1S/C29H23N3O8S/c1-17-26(41(39,40)20-10-3-2-4-11-20)24(18-8-7-9-19(16-18)32(37)38)25(29(35)36)23(30-17)14-15-31-27(33)21-12-5-6-13-22(21)28(31)34/h2-13,16,24,30H,14-15H2,1H3,(H,35,36). The second kappa shape index (κ2) is 10.5. The number of rotatable bonds is 8. The third kappa shape index (κ3) is 4.78. The number of carboxylic acids is 1. The van der Waals surface area contributed by atoms with Gasteiger partial charge < -0.3 is 10.4 Å². The molecular weight excluding hydrogens is 550 g/mol. The number of aliphatic carboxylic acids is 1. The van der Waals surface area contributed by atoms with Crippen molar-refractivity contribution in [3.63, 3.8) is 0 Å². The van der Waals surface area contributed by atoms with Gasteiger partial charge in [-0.05, 0) is 36.8 Å². The van der Waals surface area contributed by atoms with E-state index in [2.05, 4.69) is 5.32 Å². The summed E-state index contributed by atoms with van der Waals surface area (Å²) in [5.74, 6) is -3.92. The monoisotopic (exact) mass is 573 g/mol. The average molecular weight is 574 g/mol. The second-order valence-electron chi connectivity index (χ2n) is 9.47. The quantitative estimate of drug-likeness (QED) is 0.230. The molecule has 0 aromatic heterocycles. The van der Waals surface area contributed by atoms with Crippen molar-refractivity contribution in [3.05, 3.63) is 128 Å². The number of nitrogens with zero attached hydrogens (tertiary/aromatic N) is 2. The lowest BCUT2D eigenvalue weighted by atomic mass is 9.85. The number of carbonyl (C=O) groups is 3. The molecule has 2 heterocycles. The van der Waals surface area contributed by atoms with Crippen LogP contribution in [0.25, 0.3) is 0 Å². The SMILES string of the molecule is CC1=C(S(=O)(=O)c2ccccc2)C(c2cccc([N+](=O)[O-])c2)C(C(=O)O)=C(CCN2C(=O)c3ccccc3C2=O)N1. The number of nitrogens with one attached hydrogen (secondary N) is 1. The van der Waals surface area contributed by atoms with E-state index in [9.17, 15) is 38.0 Å². The van der Waals surface area contributed by atoms with E-state index < -0.39 is 38.5 Å². The molecular formula is C29H23N3O8S. The largest absolute Gasteiger partial charge is 0.478 e. The van der Waals surface area contributed by atoms with Gasteiger partial charge >= 0.3 is 5.97 Å². The van der Waals surface area contributed by atoms with Crippen LogP contribution in [-0.2, 0) is 14.6 Å². The molecule has 0 saturated heterocycles. The number of sulfone groups is 1. The van der Waals surface area contributed by atoms with Gasteiger partial charge in [0.15, 0.2) is 0 Å². The minimum absolute atomic E-state index is 0.0780.